The molecule has 0 aromatic rings. The Hall–Kier alpha value is 2.47. The van der Waals surface area contributed by atoms with Crippen molar-refractivity contribution in [3.05, 3.63) is 0 Å². The summed E-state index contributed by atoms with van der Waals surface area (Å²) in [6.45, 7) is 0. The maximum atomic E-state index is 5.94. The van der Waals surface area contributed by atoms with E-state index in [-0.39, 0.29) is 19.1 Å². The van der Waals surface area contributed by atoms with Gasteiger partial charge in [0.1, 0.15) is 0 Å². The van der Waals surface area contributed by atoms with Crippen LogP contribution in [0.25, 0.3) is 0 Å². The lowest BCUT2D eigenvalue weighted by Crippen LogP contribution is -2.12. The second-order valence-electron chi connectivity index (χ2n) is 2.93. The molecule has 0 spiro atoms. The molecule has 0 aliphatic rings. The van der Waals surface area contributed by atoms with E-state index in [1.807, 2.05) is 0 Å². The fraction of sp³-hybridized carbons (Fsp3) is 1.00. The quantitative estimate of drug-likeness (QED) is 0.440. The van der Waals surface area contributed by atoms with Crippen LogP contribution in [-0.2, 0) is 0 Å². The molecule has 4 atom stereocenters. The summed E-state index contributed by atoms with van der Waals surface area (Å²) in [5.41, 5.74) is 0. The second-order valence-corrected chi connectivity index (χ2v) is 9.62. The molecule has 0 aliphatic carbocycles. The number of hydrogen-bond donors (Lipinski definition) is 0. The molecule has 0 saturated carbocycles. The Morgan fingerprint density at radius 1 is 0.867 bits per heavy atom. The fourth-order valence-electron chi connectivity index (χ4n) is 0.799. The monoisotopic (exact) mass is 438 g/mol. The van der Waals surface area contributed by atoms with Crippen LogP contribution in [0, 0.1) is 0 Å². The highest BCUT2D eigenvalue weighted by molar-refractivity contribution is 9.13. The summed E-state index contributed by atoms with van der Waals surface area (Å²) >= 11 is 32.0. The molecule has 0 aliphatic heterocycles. The maximum absolute atomic E-state index is 5.94. The lowest BCUT2D eigenvalue weighted by Gasteiger charge is -2.17. The van der Waals surface area contributed by atoms with Crippen molar-refractivity contribution in [2.24, 2.45) is 0 Å². The van der Waals surface area contributed by atoms with Gasteiger partial charge in [0.05, 0.1) is 8.32 Å². The number of thioether (sulfide) groups is 1. The molecular weight excluding hydrogens is 430 g/mol. The third-order valence-corrected chi connectivity index (χ3v) is 6.26. The van der Waals surface area contributed by atoms with Crippen LogP contribution in [0.15, 0.2) is 0 Å². The first-order chi connectivity index (χ1) is 6.99. The van der Waals surface area contributed by atoms with Gasteiger partial charge in [-0.3, -0.25) is 0 Å². The molecule has 0 saturated heterocycles. The largest absolute Gasteiger partial charge is 0.132 e. The lowest BCUT2D eigenvalue weighted by atomic mass is 10.4. The molecule has 0 aromatic heterocycles. The smallest absolute Gasteiger partial charge is 0.0625 e. The van der Waals surface area contributed by atoms with Gasteiger partial charge in [0.2, 0.25) is 0 Å². The Bertz CT molecular complexity index is 148. The van der Waals surface area contributed by atoms with E-state index in [0.29, 0.717) is 11.8 Å². The van der Waals surface area contributed by atoms with Crippen LogP contribution in [0.4, 0.5) is 0 Å². The van der Waals surface area contributed by atoms with E-state index in [2.05, 4.69) is 31.9 Å². The van der Waals surface area contributed by atoms with Gasteiger partial charge < -0.3 is 0 Å². The standard InChI is InChI=1S/C8H12Br2Cl4S/c9-7(1-5(13)3-11)15-8(10)2-6(14)4-12/h5-8H,1-4H2. The predicted octanol–water partition coefficient (Wildman–Crippen LogP) is 5.63. The molecule has 0 aromatic carbocycles. The van der Waals surface area contributed by atoms with Crippen molar-refractivity contribution in [1.29, 1.82) is 0 Å². The number of hydrogen-bond acceptors (Lipinski definition) is 1. The molecule has 15 heavy (non-hydrogen) atoms. The van der Waals surface area contributed by atoms with Gasteiger partial charge in [-0.25, -0.2) is 0 Å². The van der Waals surface area contributed by atoms with Gasteiger partial charge in [-0.15, -0.1) is 58.2 Å². The third kappa shape index (κ3) is 10.1. The lowest BCUT2D eigenvalue weighted by molar-refractivity contribution is 0.871. The van der Waals surface area contributed by atoms with E-state index in [1.54, 1.807) is 11.8 Å². The molecule has 0 fully saturated rings. The minimum absolute atomic E-state index is 0.00284. The van der Waals surface area contributed by atoms with Crippen LogP contribution >= 0.6 is 90.0 Å². The zero-order valence-electron chi connectivity index (χ0n) is 7.81. The molecular formula is C8H12Br2Cl4S. The molecule has 0 N–H and O–H groups in total. The van der Waals surface area contributed by atoms with Gasteiger partial charge in [-0.1, -0.05) is 31.9 Å². The molecule has 7 heteroatoms. The van der Waals surface area contributed by atoms with Crippen LogP contribution in [-0.4, -0.2) is 30.8 Å². The molecule has 0 bridgehead atoms. The average Bonchev–Trinajstić information content (AvgIpc) is 2.16. The first-order valence-corrected chi connectivity index (χ1v) is 9.04. The van der Waals surface area contributed by atoms with Crippen molar-refractivity contribution in [2.75, 3.05) is 11.8 Å². The Morgan fingerprint density at radius 3 is 1.47 bits per heavy atom. The Labute approximate surface area is 132 Å². The normalized spacial score (nSPS) is 19.6. The summed E-state index contributed by atoms with van der Waals surface area (Å²) in [7, 11) is 0. The van der Waals surface area contributed by atoms with Crippen molar-refractivity contribution < 1.29 is 0 Å². The van der Waals surface area contributed by atoms with Crippen LogP contribution in [0.5, 0.6) is 0 Å². The van der Waals surface area contributed by atoms with Crippen LogP contribution in [0.1, 0.15) is 12.8 Å². The number of rotatable bonds is 8. The van der Waals surface area contributed by atoms with E-state index in [0.717, 1.165) is 12.8 Å². The summed E-state index contributed by atoms with van der Waals surface area (Å²) in [5, 5.41) is 0.00568. The molecule has 0 nitrogen and oxygen atoms in total. The zero-order chi connectivity index (χ0) is 11.8. The van der Waals surface area contributed by atoms with Gasteiger partial charge in [0, 0.05) is 22.5 Å². The number of halogens is 6. The van der Waals surface area contributed by atoms with E-state index < -0.39 is 0 Å². The molecule has 4 unspecified atom stereocenters. The summed E-state index contributed by atoms with van der Waals surface area (Å²) in [6, 6.07) is 0. The summed E-state index contributed by atoms with van der Waals surface area (Å²) in [5.74, 6) is 0.938. The molecule has 0 radical (unpaired) electrons. The van der Waals surface area contributed by atoms with Crippen molar-refractivity contribution in [3.8, 4) is 0 Å². The van der Waals surface area contributed by atoms with Crippen molar-refractivity contribution >= 4 is 90.0 Å². The molecule has 92 valence electrons. The highest BCUT2D eigenvalue weighted by atomic mass is 79.9. The highest BCUT2D eigenvalue weighted by Gasteiger charge is 2.18. The molecule has 0 amide bonds. The average molecular weight is 442 g/mol. The van der Waals surface area contributed by atoms with Crippen LogP contribution < -0.4 is 0 Å². The summed E-state index contributed by atoms with van der Waals surface area (Å²) in [6.07, 6.45) is 1.65. The van der Waals surface area contributed by atoms with Gasteiger partial charge in [0.25, 0.3) is 0 Å². The Balaban J connectivity index is 3.70. The first kappa shape index (κ1) is 17.5. The first-order valence-electron chi connectivity index (χ1n) is 4.33. The third-order valence-electron chi connectivity index (χ3n) is 1.51. The van der Waals surface area contributed by atoms with Crippen LogP contribution in [0.2, 0.25) is 0 Å². The Morgan fingerprint density at radius 2 is 1.20 bits per heavy atom. The molecule has 0 heterocycles. The van der Waals surface area contributed by atoms with Gasteiger partial charge in [-0.2, -0.15) is 0 Å². The second kappa shape index (κ2) is 10.4. The summed E-state index contributed by atoms with van der Waals surface area (Å²) < 4.78 is 0.560. The van der Waals surface area contributed by atoms with Gasteiger partial charge in [0.15, 0.2) is 0 Å². The van der Waals surface area contributed by atoms with E-state index in [4.69, 9.17) is 46.4 Å². The minimum atomic E-state index is 0.00284. The van der Waals surface area contributed by atoms with Crippen molar-refractivity contribution in [1.82, 2.24) is 0 Å². The highest BCUT2D eigenvalue weighted by Crippen LogP contribution is 2.34. The fourth-order valence-corrected chi connectivity index (χ4v) is 6.39. The SMILES string of the molecule is ClCC(Cl)CC(Br)SC(Br)CC(Cl)CCl. The number of alkyl halides is 6. The zero-order valence-corrected chi connectivity index (χ0v) is 14.8. The van der Waals surface area contributed by atoms with E-state index in [9.17, 15) is 0 Å². The van der Waals surface area contributed by atoms with Gasteiger partial charge in [-0.05, 0) is 12.8 Å². The summed E-state index contributed by atoms with van der Waals surface area (Å²) in [4.78, 5) is 0. The van der Waals surface area contributed by atoms with Crippen molar-refractivity contribution in [3.63, 3.8) is 0 Å². The topological polar surface area (TPSA) is 0 Å². The maximum Gasteiger partial charge on any atom is 0.0625 e. The van der Waals surface area contributed by atoms with Crippen molar-refractivity contribution in [2.45, 2.75) is 31.9 Å². The predicted molar refractivity (Wildman–Crippen MR) is 83.0 cm³/mol. The Kier molecular flexibility index (Phi) is 12.1. The van der Waals surface area contributed by atoms with E-state index >= 15 is 0 Å². The minimum Gasteiger partial charge on any atom is -0.132 e. The molecule has 0 rings (SSSR count). The van der Waals surface area contributed by atoms with E-state index in [1.165, 1.54) is 0 Å². The van der Waals surface area contributed by atoms with Crippen LogP contribution in [0.3, 0.4) is 0 Å². The van der Waals surface area contributed by atoms with Gasteiger partial charge >= 0.3 is 0 Å².